The Morgan fingerprint density at radius 2 is 1.72 bits per heavy atom. The first-order valence-electron chi connectivity index (χ1n) is 10.6. The molecule has 1 atom stereocenters. The van der Waals surface area contributed by atoms with Crippen molar-refractivity contribution in [2.45, 2.75) is 53.0 Å². The van der Waals surface area contributed by atoms with Gasteiger partial charge in [-0.05, 0) is 60.9 Å². The zero-order valence-electron chi connectivity index (χ0n) is 18.5. The van der Waals surface area contributed by atoms with E-state index in [1.54, 1.807) is 0 Å². The highest BCUT2D eigenvalue weighted by Gasteiger charge is 2.08. The van der Waals surface area contributed by atoms with Gasteiger partial charge in [0.15, 0.2) is 0 Å². The number of nitrogens with one attached hydrogen (secondary N) is 1. The molecule has 152 valence electrons. The summed E-state index contributed by atoms with van der Waals surface area (Å²) in [7, 11) is 0. The molecule has 0 bridgehead atoms. The highest BCUT2D eigenvalue weighted by molar-refractivity contribution is 5.79. The van der Waals surface area contributed by atoms with Crippen molar-refractivity contribution < 1.29 is 0 Å². The van der Waals surface area contributed by atoms with Crippen LogP contribution in [-0.2, 0) is 6.42 Å². The van der Waals surface area contributed by atoms with Gasteiger partial charge in [-0.15, -0.1) is 0 Å². The van der Waals surface area contributed by atoms with Crippen molar-refractivity contribution in [3.63, 3.8) is 0 Å². The number of allylic oxidation sites excluding steroid dienone is 5. The summed E-state index contributed by atoms with van der Waals surface area (Å²) >= 11 is 0. The zero-order chi connectivity index (χ0) is 21.2. The van der Waals surface area contributed by atoms with E-state index in [4.69, 9.17) is 0 Å². The van der Waals surface area contributed by atoms with E-state index < -0.39 is 0 Å². The molecule has 0 heterocycles. The molecule has 1 nitrogen and oxygen atoms in total. The first-order chi connectivity index (χ1) is 14.0. The van der Waals surface area contributed by atoms with Crippen molar-refractivity contribution in [2.24, 2.45) is 0 Å². The van der Waals surface area contributed by atoms with Crippen molar-refractivity contribution in [3.05, 3.63) is 102 Å². The SMILES string of the molecule is C=C/C=C\C(CC)N/C(CC)=C(\C)Cc1ccc(-c2ccccc2C(=C)C)cc1. The third kappa shape index (κ3) is 6.35. The second-order valence-corrected chi connectivity index (χ2v) is 7.59. The Bertz CT molecular complexity index is 881. The van der Waals surface area contributed by atoms with Gasteiger partial charge in [0.05, 0.1) is 0 Å². The van der Waals surface area contributed by atoms with Gasteiger partial charge in [-0.1, -0.05) is 99.3 Å². The van der Waals surface area contributed by atoms with Crippen LogP contribution >= 0.6 is 0 Å². The maximum Gasteiger partial charge on any atom is 0.0441 e. The molecule has 2 rings (SSSR count). The second kappa shape index (κ2) is 11.3. The monoisotopic (exact) mass is 385 g/mol. The summed E-state index contributed by atoms with van der Waals surface area (Å²) < 4.78 is 0. The molecule has 1 unspecified atom stereocenters. The van der Waals surface area contributed by atoms with Crippen molar-refractivity contribution in [3.8, 4) is 11.1 Å². The van der Waals surface area contributed by atoms with Crippen LogP contribution in [0.25, 0.3) is 16.7 Å². The van der Waals surface area contributed by atoms with Crippen LogP contribution in [0.4, 0.5) is 0 Å². The van der Waals surface area contributed by atoms with Gasteiger partial charge in [-0.3, -0.25) is 0 Å². The number of hydrogen-bond acceptors (Lipinski definition) is 1. The lowest BCUT2D eigenvalue weighted by molar-refractivity contribution is 0.625. The quantitative estimate of drug-likeness (QED) is 0.413. The summed E-state index contributed by atoms with van der Waals surface area (Å²) in [6, 6.07) is 17.8. The van der Waals surface area contributed by atoms with Gasteiger partial charge < -0.3 is 5.32 Å². The highest BCUT2D eigenvalue weighted by atomic mass is 14.9. The molecule has 0 amide bonds. The molecule has 0 fully saturated rings. The summed E-state index contributed by atoms with van der Waals surface area (Å²) in [4.78, 5) is 0. The Hall–Kier alpha value is -2.80. The van der Waals surface area contributed by atoms with Gasteiger partial charge in [-0.25, -0.2) is 0 Å². The van der Waals surface area contributed by atoms with Crippen molar-refractivity contribution in [2.75, 3.05) is 0 Å². The first-order valence-corrected chi connectivity index (χ1v) is 10.6. The fourth-order valence-electron chi connectivity index (χ4n) is 3.57. The predicted octanol–water partition coefficient (Wildman–Crippen LogP) is 7.72. The first kappa shape index (κ1) is 22.5. The Labute approximate surface area is 177 Å². The molecule has 0 aliphatic rings. The largest absolute Gasteiger partial charge is 0.382 e. The minimum absolute atomic E-state index is 0.346. The van der Waals surface area contributed by atoms with E-state index in [0.717, 1.165) is 24.8 Å². The smallest absolute Gasteiger partial charge is 0.0441 e. The van der Waals surface area contributed by atoms with E-state index in [2.05, 4.69) is 101 Å². The maximum absolute atomic E-state index is 4.12. The summed E-state index contributed by atoms with van der Waals surface area (Å²) in [5.74, 6) is 0. The Morgan fingerprint density at radius 1 is 1.03 bits per heavy atom. The van der Waals surface area contributed by atoms with Gasteiger partial charge in [-0.2, -0.15) is 0 Å². The molecule has 0 saturated heterocycles. The lowest BCUT2D eigenvalue weighted by Gasteiger charge is -2.19. The molecular formula is C28H35N. The second-order valence-electron chi connectivity index (χ2n) is 7.59. The zero-order valence-corrected chi connectivity index (χ0v) is 18.5. The van der Waals surface area contributed by atoms with E-state index in [1.165, 1.54) is 33.5 Å². The molecular weight excluding hydrogens is 350 g/mol. The fourth-order valence-corrected chi connectivity index (χ4v) is 3.57. The fraction of sp³-hybridized carbons (Fsp3) is 0.286. The van der Waals surface area contributed by atoms with E-state index in [1.807, 2.05) is 12.2 Å². The number of rotatable bonds is 10. The van der Waals surface area contributed by atoms with Gasteiger partial charge in [0, 0.05) is 11.7 Å². The molecule has 0 aliphatic carbocycles. The van der Waals surface area contributed by atoms with Gasteiger partial charge in [0.2, 0.25) is 0 Å². The molecule has 2 aromatic carbocycles. The van der Waals surface area contributed by atoms with Crippen LogP contribution in [0.1, 0.15) is 51.7 Å². The Balaban J connectivity index is 2.19. The molecule has 1 N–H and O–H groups in total. The molecule has 0 aliphatic heterocycles. The van der Waals surface area contributed by atoms with Gasteiger partial charge in [0.25, 0.3) is 0 Å². The molecule has 0 aromatic heterocycles. The topological polar surface area (TPSA) is 12.0 Å². The van der Waals surface area contributed by atoms with Crippen molar-refractivity contribution in [1.82, 2.24) is 5.32 Å². The normalized spacial score (nSPS) is 13.1. The van der Waals surface area contributed by atoms with Crippen molar-refractivity contribution >= 4 is 5.57 Å². The third-order valence-corrected chi connectivity index (χ3v) is 5.27. The molecule has 1 heteroatoms. The maximum atomic E-state index is 4.12. The molecule has 0 radical (unpaired) electrons. The lowest BCUT2D eigenvalue weighted by Crippen LogP contribution is -2.26. The molecule has 2 aromatic rings. The number of hydrogen-bond donors (Lipinski definition) is 1. The molecule has 0 spiro atoms. The summed E-state index contributed by atoms with van der Waals surface area (Å²) in [6.45, 7) is 16.6. The van der Waals surface area contributed by atoms with Crippen LogP contribution in [0.5, 0.6) is 0 Å². The van der Waals surface area contributed by atoms with Crippen LogP contribution in [0.15, 0.2) is 91.2 Å². The lowest BCUT2D eigenvalue weighted by atomic mass is 9.94. The number of benzene rings is 2. The van der Waals surface area contributed by atoms with Crippen LogP contribution in [-0.4, -0.2) is 6.04 Å². The predicted molar refractivity (Wildman–Crippen MR) is 130 cm³/mol. The van der Waals surface area contributed by atoms with Crippen LogP contribution in [0.2, 0.25) is 0 Å². The average Bonchev–Trinajstić information content (AvgIpc) is 2.74. The summed E-state index contributed by atoms with van der Waals surface area (Å²) in [5.41, 5.74) is 8.86. The van der Waals surface area contributed by atoms with E-state index in [0.29, 0.717) is 6.04 Å². The minimum atomic E-state index is 0.346. The van der Waals surface area contributed by atoms with Crippen LogP contribution in [0, 0.1) is 0 Å². The Morgan fingerprint density at radius 3 is 2.31 bits per heavy atom. The van der Waals surface area contributed by atoms with Crippen molar-refractivity contribution in [1.29, 1.82) is 0 Å². The standard InChI is InChI=1S/C28H35N/c1-7-10-13-25(8-2)29-28(9-3)22(6)20-23-16-18-24(19-17-23)27-15-12-11-14-26(27)21(4)5/h7,10-19,25,29H,1,4,8-9,20H2,2-3,5-6H3/b13-10-,28-22+. The van der Waals surface area contributed by atoms with Crippen LogP contribution in [0.3, 0.4) is 0 Å². The molecule has 29 heavy (non-hydrogen) atoms. The minimum Gasteiger partial charge on any atom is -0.382 e. The van der Waals surface area contributed by atoms with Gasteiger partial charge in [0.1, 0.15) is 0 Å². The van der Waals surface area contributed by atoms with Crippen LogP contribution < -0.4 is 5.32 Å². The molecule has 0 saturated carbocycles. The van der Waals surface area contributed by atoms with E-state index in [9.17, 15) is 0 Å². The summed E-state index contributed by atoms with van der Waals surface area (Å²) in [6.07, 6.45) is 9.06. The third-order valence-electron chi connectivity index (χ3n) is 5.27. The van der Waals surface area contributed by atoms with E-state index >= 15 is 0 Å². The average molecular weight is 386 g/mol. The summed E-state index contributed by atoms with van der Waals surface area (Å²) in [5, 5.41) is 3.70. The Kier molecular flexibility index (Phi) is 8.73. The highest BCUT2D eigenvalue weighted by Crippen LogP contribution is 2.28. The van der Waals surface area contributed by atoms with Gasteiger partial charge >= 0.3 is 0 Å². The van der Waals surface area contributed by atoms with E-state index in [-0.39, 0.29) is 0 Å².